The van der Waals surface area contributed by atoms with Gasteiger partial charge in [0.05, 0.1) is 7.11 Å². The highest BCUT2D eigenvalue weighted by Crippen LogP contribution is 2.26. The quantitative estimate of drug-likeness (QED) is 0.533. The van der Waals surface area contributed by atoms with E-state index in [0.717, 1.165) is 7.11 Å². The minimum Gasteiger partial charge on any atom is -0.493 e. The first kappa shape index (κ1) is 9.76. The highest BCUT2D eigenvalue weighted by molar-refractivity contribution is 5.26. The van der Waals surface area contributed by atoms with Crippen molar-refractivity contribution in [2.45, 2.75) is 6.43 Å². The van der Waals surface area contributed by atoms with E-state index in [1.165, 1.54) is 0 Å². The van der Waals surface area contributed by atoms with Gasteiger partial charge in [-0.3, -0.25) is 0 Å². The average Bonchev–Trinajstić information content (AvgIpc) is 2.08. The Balaban J connectivity index is 3.27. The van der Waals surface area contributed by atoms with Crippen LogP contribution >= 0.6 is 0 Å². The van der Waals surface area contributed by atoms with E-state index in [1.54, 1.807) is 0 Å². The molecule has 1 aromatic rings. The number of alkyl halides is 2. The summed E-state index contributed by atoms with van der Waals surface area (Å²) in [5.41, 5.74) is -1.24. The summed E-state index contributed by atoms with van der Waals surface area (Å²) in [6.07, 6.45) is -3.16. The monoisotopic (exact) mass is 195 g/mol. The molecule has 0 aromatic carbocycles. The number of hydrogen-bond acceptors (Lipinski definition) is 2. The van der Waals surface area contributed by atoms with Crippen LogP contribution in [0.15, 0.2) is 6.07 Å². The fourth-order valence-electron chi connectivity index (χ4n) is 0.787. The Morgan fingerprint density at radius 1 is 1.38 bits per heavy atom. The van der Waals surface area contributed by atoms with Crippen molar-refractivity contribution in [1.82, 2.24) is 4.98 Å². The number of methoxy groups -OCH3 is 1. The first-order valence-electron chi connectivity index (χ1n) is 3.24. The molecule has 0 atom stereocenters. The Hall–Kier alpha value is -1.33. The molecule has 6 heteroatoms. The third kappa shape index (κ3) is 1.88. The summed E-state index contributed by atoms with van der Waals surface area (Å²) in [5.74, 6) is -3.12. The lowest BCUT2D eigenvalue weighted by Gasteiger charge is -2.05. The van der Waals surface area contributed by atoms with E-state index in [-0.39, 0.29) is 0 Å². The smallest absolute Gasteiger partial charge is 0.283 e. The van der Waals surface area contributed by atoms with E-state index in [4.69, 9.17) is 0 Å². The minimum absolute atomic E-state index is 0.581. The molecule has 0 aliphatic rings. The van der Waals surface area contributed by atoms with Gasteiger partial charge in [0.25, 0.3) is 6.43 Å². The summed E-state index contributed by atoms with van der Waals surface area (Å²) in [6.45, 7) is 0. The van der Waals surface area contributed by atoms with E-state index in [2.05, 4.69) is 9.72 Å². The lowest BCUT2D eigenvalue weighted by atomic mass is 10.3. The SMILES string of the molecule is COc1cc(F)nc(C(F)F)c1F. The van der Waals surface area contributed by atoms with E-state index in [0.29, 0.717) is 6.07 Å². The molecule has 0 bridgehead atoms. The van der Waals surface area contributed by atoms with Crippen LogP contribution < -0.4 is 4.74 Å². The van der Waals surface area contributed by atoms with Crippen molar-refractivity contribution in [2.24, 2.45) is 0 Å². The van der Waals surface area contributed by atoms with Crippen LogP contribution in [0.4, 0.5) is 17.6 Å². The Bertz CT molecular complexity index is 316. The topological polar surface area (TPSA) is 22.1 Å². The predicted molar refractivity (Wildman–Crippen MR) is 35.7 cm³/mol. The number of ether oxygens (including phenoxy) is 1. The molecule has 2 nitrogen and oxygen atoms in total. The predicted octanol–water partition coefficient (Wildman–Crippen LogP) is 2.31. The van der Waals surface area contributed by atoms with Crippen LogP contribution in [0.25, 0.3) is 0 Å². The number of nitrogens with zero attached hydrogens (tertiary/aromatic N) is 1. The van der Waals surface area contributed by atoms with Crippen LogP contribution in [0.2, 0.25) is 0 Å². The van der Waals surface area contributed by atoms with Crippen molar-refractivity contribution in [3.63, 3.8) is 0 Å². The molecule has 0 unspecified atom stereocenters. The van der Waals surface area contributed by atoms with Crippen LogP contribution in [0.1, 0.15) is 12.1 Å². The van der Waals surface area contributed by atoms with Crippen LogP contribution in [0.5, 0.6) is 5.75 Å². The molecule has 0 radical (unpaired) electrons. The zero-order chi connectivity index (χ0) is 10.0. The fourth-order valence-corrected chi connectivity index (χ4v) is 0.787. The summed E-state index contributed by atoms with van der Waals surface area (Å²) < 4.78 is 53.7. The maximum Gasteiger partial charge on any atom is 0.283 e. The van der Waals surface area contributed by atoms with Gasteiger partial charge in [0.2, 0.25) is 5.95 Å². The Labute approximate surface area is 71.2 Å². The largest absolute Gasteiger partial charge is 0.493 e. The summed E-state index contributed by atoms with van der Waals surface area (Å²) in [4.78, 5) is 2.71. The van der Waals surface area contributed by atoms with Gasteiger partial charge in [0.1, 0.15) is 5.69 Å². The second-order valence-electron chi connectivity index (χ2n) is 2.15. The zero-order valence-corrected chi connectivity index (χ0v) is 6.52. The molecule has 0 saturated heterocycles. The Kier molecular flexibility index (Phi) is 2.69. The number of hydrogen-bond donors (Lipinski definition) is 0. The van der Waals surface area contributed by atoms with Gasteiger partial charge in [0.15, 0.2) is 11.6 Å². The van der Waals surface area contributed by atoms with Gasteiger partial charge in [-0.25, -0.2) is 18.2 Å². The second-order valence-corrected chi connectivity index (χ2v) is 2.15. The van der Waals surface area contributed by atoms with Gasteiger partial charge in [-0.2, -0.15) is 4.39 Å². The first-order chi connectivity index (χ1) is 6.06. The lowest BCUT2D eigenvalue weighted by molar-refractivity contribution is 0.138. The minimum atomic E-state index is -3.16. The van der Waals surface area contributed by atoms with Crippen molar-refractivity contribution in [3.8, 4) is 5.75 Å². The van der Waals surface area contributed by atoms with Gasteiger partial charge in [-0.05, 0) is 0 Å². The maximum absolute atomic E-state index is 12.9. The van der Waals surface area contributed by atoms with Crippen molar-refractivity contribution >= 4 is 0 Å². The molecule has 1 heterocycles. The second kappa shape index (κ2) is 3.59. The molecule has 0 aliphatic carbocycles. The third-order valence-electron chi connectivity index (χ3n) is 1.35. The van der Waals surface area contributed by atoms with Crippen LogP contribution in [-0.4, -0.2) is 12.1 Å². The highest BCUT2D eigenvalue weighted by Gasteiger charge is 2.20. The van der Waals surface area contributed by atoms with E-state index in [1.807, 2.05) is 0 Å². The molecule has 13 heavy (non-hydrogen) atoms. The fraction of sp³-hybridized carbons (Fsp3) is 0.286. The number of aromatic nitrogens is 1. The van der Waals surface area contributed by atoms with Gasteiger partial charge in [-0.1, -0.05) is 0 Å². The molecule has 1 rings (SSSR count). The van der Waals surface area contributed by atoms with Crippen molar-refractivity contribution in [1.29, 1.82) is 0 Å². The molecule has 0 amide bonds. The van der Waals surface area contributed by atoms with E-state index >= 15 is 0 Å². The van der Waals surface area contributed by atoms with E-state index in [9.17, 15) is 17.6 Å². The van der Waals surface area contributed by atoms with Crippen LogP contribution in [0.3, 0.4) is 0 Å². The highest BCUT2D eigenvalue weighted by atomic mass is 19.3. The van der Waals surface area contributed by atoms with Crippen molar-refractivity contribution in [3.05, 3.63) is 23.5 Å². The lowest BCUT2D eigenvalue weighted by Crippen LogP contribution is -2.01. The number of rotatable bonds is 2. The maximum atomic E-state index is 12.9. The first-order valence-corrected chi connectivity index (χ1v) is 3.24. The van der Waals surface area contributed by atoms with Gasteiger partial charge >= 0.3 is 0 Å². The van der Waals surface area contributed by atoms with Gasteiger partial charge < -0.3 is 4.74 Å². The summed E-state index contributed by atoms with van der Waals surface area (Å²) in [6, 6.07) is 0.598. The molecule has 0 saturated carbocycles. The Morgan fingerprint density at radius 2 is 2.00 bits per heavy atom. The molecule has 72 valence electrons. The molecule has 0 N–H and O–H groups in total. The van der Waals surface area contributed by atoms with Gasteiger partial charge in [0, 0.05) is 6.07 Å². The summed E-state index contributed by atoms with van der Waals surface area (Å²) in [7, 11) is 1.05. The Morgan fingerprint density at radius 3 is 2.46 bits per heavy atom. The molecular weight excluding hydrogens is 190 g/mol. The van der Waals surface area contributed by atoms with Crippen molar-refractivity contribution in [2.75, 3.05) is 7.11 Å². The molecule has 0 spiro atoms. The number of halogens is 4. The molecule has 0 fully saturated rings. The van der Waals surface area contributed by atoms with Crippen LogP contribution in [-0.2, 0) is 0 Å². The molecule has 0 aliphatic heterocycles. The summed E-state index contributed by atoms with van der Waals surface area (Å²) >= 11 is 0. The third-order valence-corrected chi connectivity index (χ3v) is 1.35. The van der Waals surface area contributed by atoms with Gasteiger partial charge in [-0.15, -0.1) is 0 Å². The van der Waals surface area contributed by atoms with Crippen molar-refractivity contribution < 1.29 is 22.3 Å². The standard InChI is InChI=1S/C7H5F4NO/c1-13-3-2-4(8)12-6(5(3)9)7(10)11/h2,7H,1H3. The average molecular weight is 195 g/mol. The van der Waals surface area contributed by atoms with Crippen LogP contribution in [0, 0.1) is 11.8 Å². The van der Waals surface area contributed by atoms with E-state index < -0.39 is 29.6 Å². The normalized spacial score (nSPS) is 10.6. The zero-order valence-electron chi connectivity index (χ0n) is 6.52. The molecular formula is C7H5F4NO. The number of pyridine rings is 1. The summed E-state index contributed by atoms with van der Waals surface area (Å²) in [5, 5.41) is 0. The molecule has 1 aromatic heterocycles.